The number of nitrogens with zero attached hydrogens (tertiary/aromatic N) is 2. The van der Waals surface area contributed by atoms with Gasteiger partial charge in [0.05, 0.1) is 17.7 Å². The van der Waals surface area contributed by atoms with Gasteiger partial charge in [-0.2, -0.15) is 5.26 Å². The molecule has 1 heterocycles. The third-order valence-electron chi connectivity index (χ3n) is 7.10. The zero-order valence-corrected chi connectivity index (χ0v) is 17.8. The van der Waals surface area contributed by atoms with Crippen LogP contribution in [0.4, 0.5) is 5.69 Å². The number of nitriles is 1. The number of fused-ring (bicyclic) bond motifs is 2. The van der Waals surface area contributed by atoms with Gasteiger partial charge in [0.1, 0.15) is 11.6 Å². The first-order chi connectivity index (χ1) is 14.4. The lowest BCUT2D eigenvalue weighted by atomic mass is 9.74. The van der Waals surface area contributed by atoms with E-state index in [4.69, 9.17) is 20.7 Å². The molecule has 30 heavy (non-hydrogen) atoms. The second kappa shape index (κ2) is 6.77. The molecule has 4 atom stereocenters. The van der Waals surface area contributed by atoms with Gasteiger partial charge in [-0.3, -0.25) is 0 Å². The maximum atomic E-state index is 9.17. The summed E-state index contributed by atoms with van der Waals surface area (Å²) in [5.74, 6) is 0.705. The van der Waals surface area contributed by atoms with Crippen molar-refractivity contribution >= 4 is 11.7 Å². The van der Waals surface area contributed by atoms with Gasteiger partial charge < -0.3 is 15.8 Å². The number of amidine groups is 1. The van der Waals surface area contributed by atoms with Gasteiger partial charge in [0.25, 0.3) is 6.02 Å². The Balaban J connectivity index is 1.50. The number of hydrogen-bond acceptors (Lipinski definition) is 5. The van der Waals surface area contributed by atoms with Crippen LogP contribution in [0, 0.1) is 30.1 Å². The molecule has 5 rings (SSSR count). The molecule has 1 aliphatic heterocycles. The van der Waals surface area contributed by atoms with Crippen molar-refractivity contribution in [2.24, 2.45) is 22.6 Å². The summed E-state index contributed by atoms with van der Waals surface area (Å²) >= 11 is 0. The van der Waals surface area contributed by atoms with Gasteiger partial charge in [-0.15, -0.1) is 0 Å². The van der Waals surface area contributed by atoms with E-state index in [-0.39, 0.29) is 17.7 Å². The van der Waals surface area contributed by atoms with Crippen LogP contribution in [0.25, 0.3) is 0 Å². The number of aryl methyl sites for hydroxylation is 2. The Morgan fingerprint density at radius 1 is 1.27 bits per heavy atom. The van der Waals surface area contributed by atoms with Crippen molar-refractivity contribution in [3.63, 3.8) is 0 Å². The summed E-state index contributed by atoms with van der Waals surface area (Å²) in [6.07, 6.45) is 3.24. The summed E-state index contributed by atoms with van der Waals surface area (Å²) in [5.41, 5.74) is 12.7. The van der Waals surface area contributed by atoms with Gasteiger partial charge in [0.15, 0.2) is 0 Å². The van der Waals surface area contributed by atoms with E-state index in [1.807, 2.05) is 12.1 Å². The van der Waals surface area contributed by atoms with Gasteiger partial charge in [-0.25, -0.2) is 4.99 Å². The highest BCUT2D eigenvalue weighted by Crippen LogP contribution is 2.57. The van der Waals surface area contributed by atoms with Crippen LogP contribution in [0.2, 0.25) is 0 Å². The lowest BCUT2D eigenvalue weighted by Crippen LogP contribution is -2.41. The number of anilines is 1. The van der Waals surface area contributed by atoms with E-state index in [9.17, 15) is 0 Å². The minimum Gasteiger partial charge on any atom is -0.462 e. The number of aliphatic imine (C=N–C) groups is 1. The maximum absolute atomic E-state index is 9.17. The van der Waals surface area contributed by atoms with Crippen molar-refractivity contribution in [3.05, 3.63) is 64.2 Å². The average molecular weight is 401 g/mol. The Labute approximate surface area is 178 Å². The monoisotopic (exact) mass is 400 g/mol. The topological polar surface area (TPSA) is 83.4 Å². The van der Waals surface area contributed by atoms with Crippen LogP contribution >= 0.6 is 0 Å². The second-order valence-electron chi connectivity index (χ2n) is 9.22. The first-order valence-electron chi connectivity index (χ1n) is 10.8. The predicted octanol–water partition coefficient (Wildman–Crippen LogP) is 4.55. The molecule has 0 amide bonds. The Bertz CT molecular complexity index is 1080. The van der Waals surface area contributed by atoms with E-state index in [1.165, 1.54) is 22.3 Å². The SMILES string of the molecule is Cc1ccc(N[C@H]2CCc3cc(C#N)ccc32)cc1[C@@]1(C(C)C)N=C(N)O[C@@H]2C[C@@H]21. The van der Waals surface area contributed by atoms with E-state index in [0.29, 0.717) is 17.9 Å². The normalized spacial score (nSPS) is 28.8. The zero-order chi connectivity index (χ0) is 21.0. The highest BCUT2D eigenvalue weighted by atomic mass is 16.5. The van der Waals surface area contributed by atoms with Crippen molar-refractivity contribution in [2.75, 3.05) is 5.32 Å². The lowest BCUT2D eigenvalue weighted by molar-refractivity contribution is 0.161. The molecule has 0 saturated heterocycles. The van der Waals surface area contributed by atoms with E-state index < -0.39 is 0 Å². The maximum Gasteiger partial charge on any atom is 0.283 e. The summed E-state index contributed by atoms with van der Waals surface area (Å²) < 4.78 is 5.71. The summed E-state index contributed by atoms with van der Waals surface area (Å²) in [6, 6.07) is 15.5. The Morgan fingerprint density at radius 2 is 2.10 bits per heavy atom. The van der Waals surface area contributed by atoms with Gasteiger partial charge in [-0.05, 0) is 78.6 Å². The van der Waals surface area contributed by atoms with Crippen LogP contribution in [-0.2, 0) is 16.7 Å². The molecule has 3 aliphatic rings. The predicted molar refractivity (Wildman–Crippen MR) is 118 cm³/mol. The molecule has 1 saturated carbocycles. The van der Waals surface area contributed by atoms with Crippen LogP contribution in [0.15, 0.2) is 41.4 Å². The van der Waals surface area contributed by atoms with Crippen LogP contribution in [0.5, 0.6) is 0 Å². The average Bonchev–Trinajstić information content (AvgIpc) is 3.41. The number of ether oxygens (including phenoxy) is 1. The number of benzene rings is 2. The highest BCUT2D eigenvalue weighted by molar-refractivity contribution is 5.74. The van der Waals surface area contributed by atoms with Crippen molar-refractivity contribution in [3.8, 4) is 6.07 Å². The largest absolute Gasteiger partial charge is 0.462 e. The highest BCUT2D eigenvalue weighted by Gasteiger charge is 2.60. The summed E-state index contributed by atoms with van der Waals surface area (Å²) in [7, 11) is 0. The molecular formula is C25H28N4O. The fourth-order valence-electron chi connectivity index (χ4n) is 5.52. The second-order valence-corrected chi connectivity index (χ2v) is 9.22. The summed E-state index contributed by atoms with van der Waals surface area (Å²) in [4.78, 5) is 4.91. The first kappa shape index (κ1) is 19.0. The molecular weight excluding hydrogens is 372 g/mol. The van der Waals surface area contributed by atoms with Crippen LogP contribution in [-0.4, -0.2) is 12.1 Å². The lowest BCUT2D eigenvalue weighted by Gasteiger charge is -2.38. The number of nitrogens with two attached hydrogens (primary N) is 1. The van der Waals surface area contributed by atoms with Crippen molar-refractivity contribution < 1.29 is 4.74 Å². The molecule has 2 aromatic rings. The molecule has 0 bridgehead atoms. The fourth-order valence-corrected chi connectivity index (χ4v) is 5.52. The number of rotatable bonds is 4. The van der Waals surface area contributed by atoms with Crippen LogP contribution < -0.4 is 11.1 Å². The standard InChI is InChI=1S/C25H28N4O/c1-14(2)25(21-12-23(21)30-24(27)29-25)20-11-18(7-4-15(20)3)28-22-9-6-17-10-16(13-26)5-8-19(17)22/h4-5,7-8,10-11,14,21-23,28H,6,9,12H2,1-3H3,(H2,27,29)/t21-,22-,23+,25+/m0/s1. The fraction of sp³-hybridized carbons (Fsp3) is 0.440. The minimum atomic E-state index is -0.329. The molecule has 0 radical (unpaired) electrons. The van der Waals surface area contributed by atoms with E-state index >= 15 is 0 Å². The molecule has 5 heteroatoms. The molecule has 154 valence electrons. The van der Waals surface area contributed by atoms with Gasteiger partial charge in [-0.1, -0.05) is 26.0 Å². The summed E-state index contributed by atoms with van der Waals surface area (Å²) in [6.45, 7) is 6.63. The third-order valence-corrected chi connectivity index (χ3v) is 7.10. The molecule has 2 aliphatic carbocycles. The van der Waals surface area contributed by atoms with Crippen LogP contribution in [0.3, 0.4) is 0 Å². The Morgan fingerprint density at radius 3 is 2.87 bits per heavy atom. The van der Waals surface area contributed by atoms with Crippen molar-refractivity contribution in [1.82, 2.24) is 0 Å². The zero-order valence-electron chi connectivity index (χ0n) is 17.8. The summed E-state index contributed by atoms with van der Waals surface area (Å²) in [5, 5.41) is 12.9. The van der Waals surface area contributed by atoms with Crippen LogP contribution in [0.1, 0.15) is 60.5 Å². The molecule has 3 N–H and O–H groups in total. The molecule has 0 unspecified atom stereocenters. The molecule has 0 aromatic heterocycles. The first-order valence-corrected chi connectivity index (χ1v) is 10.8. The molecule has 1 fully saturated rings. The van der Waals surface area contributed by atoms with E-state index in [0.717, 1.165) is 30.5 Å². The van der Waals surface area contributed by atoms with E-state index in [1.54, 1.807) is 0 Å². The van der Waals surface area contributed by atoms with E-state index in [2.05, 4.69) is 56.4 Å². The van der Waals surface area contributed by atoms with Gasteiger partial charge >= 0.3 is 0 Å². The molecule has 2 aromatic carbocycles. The minimum absolute atomic E-state index is 0.192. The Kier molecular flexibility index (Phi) is 4.28. The van der Waals surface area contributed by atoms with Crippen molar-refractivity contribution in [1.29, 1.82) is 5.26 Å². The smallest absolute Gasteiger partial charge is 0.283 e. The molecule has 5 nitrogen and oxygen atoms in total. The van der Waals surface area contributed by atoms with Gasteiger partial charge in [0.2, 0.25) is 0 Å². The number of nitrogens with one attached hydrogen (secondary N) is 1. The van der Waals surface area contributed by atoms with Crippen molar-refractivity contribution in [2.45, 2.75) is 57.7 Å². The third kappa shape index (κ3) is 2.86. The Hall–Kier alpha value is -3.00. The molecule has 0 spiro atoms. The quantitative estimate of drug-likeness (QED) is 0.789. The number of hydrogen-bond donors (Lipinski definition) is 2. The van der Waals surface area contributed by atoms with Gasteiger partial charge in [0, 0.05) is 11.6 Å².